The van der Waals surface area contributed by atoms with Crippen LogP contribution in [0.15, 0.2) is 120 Å². The molecule has 0 aliphatic heterocycles. The second-order valence-corrected chi connectivity index (χ2v) is 12.6. The standard InChI is InChI=1S/C26H12N3O.C16H18N.Ir/c1-27-15-10-11-17-19-13-18-16-6-2-4-8-22(16)29-23-9-5-3-7-21(23)28-26(29)20(18)14-25(19)30-24(17)12-15;1-16(2,3)11-13-9-10-15(17-12-13)14-7-5-4-6-8-14;/h2-13H;4-7,9-10,12H,11H2,1-3H3;/q2*-1;/i;11D2;. The largest absolute Gasteiger partial charge is 0.478 e. The van der Waals surface area contributed by atoms with E-state index in [2.05, 4.69) is 62.8 Å². The molecule has 0 atom stereocenters. The Hall–Kier alpha value is -5.34. The van der Waals surface area contributed by atoms with E-state index in [1.807, 2.05) is 87.5 Å². The fraction of sp³-hybridized carbons (Fsp3) is 0.119. The fourth-order valence-electron chi connectivity index (χ4n) is 6.14. The third-order valence-corrected chi connectivity index (χ3v) is 8.13. The first-order chi connectivity index (χ1) is 23.6. The molecule has 1 radical (unpaired) electrons. The van der Waals surface area contributed by atoms with Gasteiger partial charge < -0.3 is 13.8 Å². The van der Waals surface area contributed by atoms with Crippen LogP contribution in [0.2, 0.25) is 0 Å². The Morgan fingerprint density at radius 2 is 1.65 bits per heavy atom. The van der Waals surface area contributed by atoms with Gasteiger partial charge in [0.25, 0.3) is 0 Å². The van der Waals surface area contributed by atoms with Crippen molar-refractivity contribution in [3.8, 4) is 11.3 Å². The molecule has 6 heteroatoms. The molecule has 235 valence electrons. The van der Waals surface area contributed by atoms with E-state index in [1.54, 1.807) is 12.3 Å². The molecule has 0 saturated heterocycles. The van der Waals surface area contributed by atoms with Crippen LogP contribution in [0.3, 0.4) is 0 Å². The number of rotatable bonds is 2. The summed E-state index contributed by atoms with van der Waals surface area (Å²) in [5.41, 5.74) is 7.86. The summed E-state index contributed by atoms with van der Waals surface area (Å²) in [6.07, 6.45) is 0.223. The molecule has 0 spiro atoms. The number of aromatic nitrogens is 3. The van der Waals surface area contributed by atoms with E-state index in [9.17, 15) is 0 Å². The average molecular weight is 801 g/mol. The summed E-state index contributed by atoms with van der Waals surface area (Å²) in [5.74, 6) is 0. The minimum absolute atomic E-state index is 0. The zero-order valence-electron chi connectivity index (χ0n) is 28.5. The van der Waals surface area contributed by atoms with Crippen molar-refractivity contribution < 1.29 is 27.3 Å². The van der Waals surface area contributed by atoms with Gasteiger partial charge in [0.1, 0.15) is 5.58 Å². The number of nitrogens with zero attached hydrogens (tertiary/aromatic N) is 4. The van der Waals surface area contributed by atoms with Crippen molar-refractivity contribution in [2.24, 2.45) is 5.41 Å². The number of benzene rings is 5. The number of hydrogen-bond acceptors (Lipinski definition) is 3. The third-order valence-electron chi connectivity index (χ3n) is 8.13. The van der Waals surface area contributed by atoms with Crippen molar-refractivity contribution in [1.29, 1.82) is 0 Å². The summed E-state index contributed by atoms with van der Waals surface area (Å²) >= 11 is 0. The fourth-order valence-corrected chi connectivity index (χ4v) is 6.14. The third kappa shape index (κ3) is 5.62. The predicted molar refractivity (Wildman–Crippen MR) is 192 cm³/mol. The molecule has 0 fully saturated rings. The molecule has 4 aromatic heterocycles. The summed E-state index contributed by atoms with van der Waals surface area (Å²) in [5, 5.41) is 5.17. The molecule has 0 unspecified atom stereocenters. The molecular weight excluding hydrogens is 769 g/mol. The molecule has 5 aromatic carbocycles. The Labute approximate surface area is 294 Å². The monoisotopic (exact) mass is 801 g/mol. The van der Waals surface area contributed by atoms with Crippen LogP contribution < -0.4 is 0 Å². The predicted octanol–water partition coefficient (Wildman–Crippen LogP) is 11.2. The van der Waals surface area contributed by atoms with E-state index >= 15 is 0 Å². The maximum Gasteiger partial charge on any atom is 0.190 e. The Bertz CT molecular complexity index is 2740. The zero-order valence-corrected chi connectivity index (χ0v) is 28.9. The normalized spacial score (nSPS) is 12.5. The van der Waals surface area contributed by atoms with Crippen molar-refractivity contribution in [3.05, 3.63) is 145 Å². The first-order valence-electron chi connectivity index (χ1n) is 16.5. The first kappa shape index (κ1) is 28.8. The maximum absolute atomic E-state index is 8.21. The van der Waals surface area contributed by atoms with Gasteiger partial charge in [-0.1, -0.05) is 97.6 Å². The molecule has 0 aliphatic carbocycles. The zero-order chi connectivity index (χ0) is 33.9. The van der Waals surface area contributed by atoms with Gasteiger partial charge in [-0.3, -0.25) is 4.98 Å². The SMILES string of the molecule is [2H]C([2H])(c1ccc(-c2[c-]cccc2)nc1)C(C)(C)C.[C-]#[N+]c1ccc2c(c1)oc1[c-]c3c(cc12)c1ccccc1n1c2ccccc2nc31.[Ir]. The van der Waals surface area contributed by atoms with Gasteiger partial charge in [-0.15, -0.1) is 42.0 Å². The van der Waals surface area contributed by atoms with Crippen LogP contribution in [0.25, 0.3) is 76.4 Å². The van der Waals surface area contributed by atoms with Crippen LogP contribution in [0, 0.1) is 24.1 Å². The van der Waals surface area contributed by atoms with Crippen LogP contribution in [-0.2, 0) is 26.5 Å². The van der Waals surface area contributed by atoms with E-state index in [1.165, 1.54) is 0 Å². The van der Waals surface area contributed by atoms with Crippen LogP contribution in [0.5, 0.6) is 0 Å². The minimum Gasteiger partial charge on any atom is -0.478 e. The Kier molecular flexibility index (Phi) is 7.43. The molecule has 5 nitrogen and oxygen atoms in total. The molecule has 0 N–H and O–H groups in total. The van der Waals surface area contributed by atoms with E-state index in [-0.39, 0.29) is 20.1 Å². The van der Waals surface area contributed by atoms with Crippen LogP contribution in [-0.4, -0.2) is 14.4 Å². The van der Waals surface area contributed by atoms with E-state index in [4.69, 9.17) is 18.7 Å². The van der Waals surface area contributed by atoms with Gasteiger partial charge >= 0.3 is 0 Å². The Morgan fingerprint density at radius 1 is 0.854 bits per heavy atom. The number of fused-ring (bicyclic) bond motifs is 11. The smallest absolute Gasteiger partial charge is 0.190 e. The molecule has 0 saturated carbocycles. The summed E-state index contributed by atoms with van der Waals surface area (Å²) in [6.45, 7) is 13.0. The molecule has 0 amide bonds. The summed E-state index contributed by atoms with van der Waals surface area (Å²) in [7, 11) is 0. The van der Waals surface area contributed by atoms with Gasteiger partial charge in [-0.25, -0.2) is 4.85 Å². The molecule has 0 bridgehead atoms. The van der Waals surface area contributed by atoms with Crippen molar-refractivity contribution in [3.63, 3.8) is 0 Å². The second kappa shape index (κ2) is 12.4. The Morgan fingerprint density at radius 3 is 2.40 bits per heavy atom. The van der Waals surface area contributed by atoms with Crippen molar-refractivity contribution in [2.75, 3.05) is 0 Å². The molecule has 9 aromatic rings. The molecule has 48 heavy (non-hydrogen) atoms. The van der Waals surface area contributed by atoms with E-state index in [0.29, 0.717) is 22.4 Å². The van der Waals surface area contributed by atoms with Crippen molar-refractivity contribution >= 4 is 66.0 Å². The number of imidazole rings is 1. The summed E-state index contributed by atoms with van der Waals surface area (Å²) in [4.78, 5) is 12.8. The van der Waals surface area contributed by atoms with Crippen molar-refractivity contribution in [1.82, 2.24) is 14.4 Å². The van der Waals surface area contributed by atoms with Crippen LogP contribution >= 0.6 is 0 Å². The summed E-state index contributed by atoms with van der Waals surface area (Å²) < 4.78 is 24.7. The van der Waals surface area contributed by atoms with Gasteiger partial charge in [0.15, 0.2) is 5.69 Å². The molecule has 9 rings (SSSR count). The van der Waals surface area contributed by atoms with E-state index in [0.717, 1.165) is 60.4 Å². The van der Waals surface area contributed by atoms with Gasteiger partial charge in [0, 0.05) is 34.6 Å². The minimum atomic E-state index is -1.40. The van der Waals surface area contributed by atoms with Gasteiger partial charge in [0.05, 0.1) is 28.8 Å². The summed E-state index contributed by atoms with van der Waals surface area (Å²) in [6, 6.07) is 42.3. The topological polar surface area (TPSA) is 47.7 Å². The van der Waals surface area contributed by atoms with Crippen molar-refractivity contribution in [2.45, 2.75) is 27.1 Å². The first-order valence-corrected chi connectivity index (χ1v) is 15.5. The van der Waals surface area contributed by atoms with Crippen LogP contribution in [0.4, 0.5) is 5.69 Å². The second-order valence-electron chi connectivity index (χ2n) is 12.6. The van der Waals surface area contributed by atoms with Gasteiger partial charge in [-0.2, -0.15) is 0 Å². The van der Waals surface area contributed by atoms with E-state index < -0.39 is 11.8 Å². The maximum atomic E-state index is 8.21. The Balaban J connectivity index is 0.000000171. The molecular formula is C42H30IrN4O-2. The number of pyridine rings is 2. The average Bonchev–Trinajstić information content (AvgIpc) is 3.69. The number of hydrogen-bond donors (Lipinski definition) is 0. The molecule has 4 heterocycles. The number of para-hydroxylation sites is 3. The quantitative estimate of drug-likeness (QED) is 0.129. The number of furan rings is 1. The molecule has 0 aliphatic rings. The van der Waals surface area contributed by atoms with Crippen LogP contribution in [0.1, 0.15) is 29.1 Å². The van der Waals surface area contributed by atoms with Gasteiger partial charge in [-0.05, 0) is 58.1 Å². The van der Waals surface area contributed by atoms with Gasteiger partial charge in [0.2, 0.25) is 0 Å².